The van der Waals surface area contributed by atoms with Crippen LogP contribution in [0.5, 0.6) is 0 Å². The number of amides is 1. The molecule has 0 aliphatic rings. The van der Waals surface area contributed by atoms with Crippen molar-refractivity contribution in [2.75, 3.05) is 6.54 Å². The van der Waals surface area contributed by atoms with Crippen LogP contribution < -0.4 is 0 Å². The highest BCUT2D eigenvalue weighted by molar-refractivity contribution is 6.30. The maximum Gasteiger partial charge on any atom is 0.303 e. The maximum atomic E-state index is 12.3. The van der Waals surface area contributed by atoms with Gasteiger partial charge in [-0.25, -0.2) is 0 Å². The quantitative estimate of drug-likeness (QED) is 0.842. The van der Waals surface area contributed by atoms with Crippen LogP contribution in [0, 0.1) is 0 Å². The van der Waals surface area contributed by atoms with Crippen LogP contribution in [0.4, 0.5) is 0 Å². The zero-order valence-electron chi connectivity index (χ0n) is 11.8. The molecule has 0 heterocycles. The lowest BCUT2D eigenvalue weighted by molar-refractivity contribution is -0.138. The summed E-state index contributed by atoms with van der Waals surface area (Å²) in [5.74, 6) is -0.827. The van der Waals surface area contributed by atoms with Gasteiger partial charge in [0.1, 0.15) is 0 Å². The first-order valence-corrected chi connectivity index (χ1v) is 7.03. The summed E-state index contributed by atoms with van der Waals surface area (Å²) in [4.78, 5) is 24.5. The predicted octanol–water partition coefficient (Wildman–Crippen LogP) is 2.98. The molecule has 1 N–H and O–H groups in total. The first kappa shape index (κ1) is 16.5. The number of carbonyl (C=O) groups excluding carboxylic acids is 1. The lowest BCUT2D eigenvalue weighted by Gasteiger charge is -2.26. The number of halogens is 1. The van der Waals surface area contributed by atoms with Crippen molar-refractivity contribution < 1.29 is 14.7 Å². The lowest BCUT2D eigenvalue weighted by Crippen LogP contribution is -2.38. The minimum absolute atomic E-state index is 0.00714. The predicted molar refractivity (Wildman–Crippen MR) is 78.9 cm³/mol. The molecular weight excluding hydrogens is 278 g/mol. The summed E-state index contributed by atoms with van der Waals surface area (Å²) in [6.45, 7) is 4.33. The molecule has 1 rings (SSSR count). The molecule has 0 radical (unpaired) electrons. The van der Waals surface area contributed by atoms with Crippen LogP contribution in [-0.2, 0) is 16.0 Å². The Labute approximate surface area is 124 Å². The van der Waals surface area contributed by atoms with Crippen molar-refractivity contribution in [3.8, 4) is 0 Å². The molecule has 0 spiro atoms. The Morgan fingerprint density at radius 3 is 2.35 bits per heavy atom. The zero-order valence-corrected chi connectivity index (χ0v) is 12.6. The number of carboxylic acids is 1. The molecule has 0 saturated heterocycles. The smallest absolute Gasteiger partial charge is 0.303 e. The topological polar surface area (TPSA) is 57.6 Å². The monoisotopic (exact) mass is 297 g/mol. The number of rotatable bonds is 7. The Kier molecular flexibility index (Phi) is 6.52. The molecular formula is C15H20ClNO3. The molecule has 0 aromatic heterocycles. The molecule has 0 fully saturated rings. The second kappa shape index (κ2) is 7.90. The summed E-state index contributed by atoms with van der Waals surface area (Å²) in [5.41, 5.74) is 0.906. The van der Waals surface area contributed by atoms with Crippen molar-refractivity contribution >= 4 is 23.5 Å². The van der Waals surface area contributed by atoms with Crippen LogP contribution in [0.25, 0.3) is 0 Å². The van der Waals surface area contributed by atoms with E-state index in [0.29, 0.717) is 24.4 Å². The largest absolute Gasteiger partial charge is 0.481 e. The molecule has 1 aromatic rings. The summed E-state index contributed by atoms with van der Waals surface area (Å²) in [5, 5.41) is 9.29. The number of carbonyl (C=O) groups is 2. The fourth-order valence-electron chi connectivity index (χ4n) is 1.95. The number of carboxylic acid groups (broad SMARTS) is 1. The Morgan fingerprint density at radius 1 is 1.25 bits per heavy atom. The van der Waals surface area contributed by atoms with E-state index >= 15 is 0 Å². The van der Waals surface area contributed by atoms with Gasteiger partial charge in [-0.3, -0.25) is 9.59 Å². The van der Waals surface area contributed by atoms with Crippen LogP contribution in [0.15, 0.2) is 24.3 Å². The number of benzene rings is 1. The first-order chi connectivity index (χ1) is 9.40. The summed E-state index contributed by atoms with van der Waals surface area (Å²) < 4.78 is 0. The summed E-state index contributed by atoms with van der Waals surface area (Å²) in [7, 11) is 0. The van der Waals surface area contributed by atoms with Gasteiger partial charge in [0.25, 0.3) is 0 Å². The van der Waals surface area contributed by atoms with Gasteiger partial charge in [0.15, 0.2) is 0 Å². The van der Waals surface area contributed by atoms with Crippen molar-refractivity contribution in [3.05, 3.63) is 34.9 Å². The van der Waals surface area contributed by atoms with Gasteiger partial charge in [-0.1, -0.05) is 23.7 Å². The Balaban J connectivity index is 2.59. The SMILES string of the molecule is CC(C)N(CCCC(=O)O)C(=O)Cc1ccc(Cl)cc1. The van der Waals surface area contributed by atoms with Crippen LogP contribution in [0.1, 0.15) is 32.3 Å². The Morgan fingerprint density at radius 2 is 1.85 bits per heavy atom. The number of aliphatic carboxylic acids is 1. The molecule has 0 atom stereocenters. The minimum Gasteiger partial charge on any atom is -0.481 e. The van der Waals surface area contributed by atoms with Gasteiger partial charge >= 0.3 is 5.97 Å². The van der Waals surface area contributed by atoms with E-state index in [1.54, 1.807) is 17.0 Å². The molecule has 5 heteroatoms. The van der Waals surface area contributed by atoms with E-state index < -0.39 is 5.97 Å². The van der Waals surface area contributed by atoms with E-state index in [2.05, 4.69) is 0 Å². The molecule has 110 valence electrons. The van der Waals surface area contributed by atoms with Crippen molar-refractivity contribution in [2.45, 2.75) is 39.2 Å². The lowest BCUT2D eigenvalue weighted by atomic mass is 10.1. The van der Waals surface area contributed by atoms with Gasteiger partial charge < -0.3 is 10.0 Å². The Bertz CT molecular complexity index is 457. The standard InChI is InChI=1S/C15H20ClNO3/c1-11(2)17(9-3-4-15(19)20)14(18)10-12-5-7-13(16)8-6-12/h5-8,11H,3-4,9-10H2,1-2H3,(H,19,20). The van der Waals surface area contributed by atoms with E-state index in [1.165, 1.54) is 0 Å². The van der Waals surface area contributed by atoms with Crippen molar-refractivity contribution in [3.63, 3.8) is 0 Å². The first-order valence-electron chi connectivity index (χ1n) is 6.66. The van der Waals surface area contributed by atoms with E-state index in [-0.39, 0.29) is 18.4 Å². The third-order valence-corrected chi connectivity index (χ3v) is 3.25. The van der Waals surface area contributed by atoms with Gasteiger partial charge in [-0.15, -0.1) is 0 Å². The van der Waals surface area contributed by atoms with Crippen LogP contribution >= 0.6 is 11.6 Å². The molecule has 0 bridgehead atoms. The van der Waals surface area contributed by atoms with Gasteiger partial charge in [0.2, 0.25) is 5.91 Å². The second-order valence-electron chi connectivity index (χ2n) is 4.98. The highest BCUT2D eigenvalue weighted by Crippen LogP contribution is 2.12. The van der Waals surface area contributed by atoms with Crippen molar-refractivity contribution in [1.29, 1.82) is 0 Å². The highest BCUT2D eigenvalue weighted by Gasteiger charge is 2.17. The number of hydrogen-bond donors (Lipinski definition) is 1. The average molecular weight is 298 g/mol. The molecule has 4 nitrogen and oxygen atoms in total. The highest BCUT2D eigenvalue weighted by atomic mass is 35.5. The molecule has 1 amide bonds. The van der Waals surface area contributed by atoms with E-state index in [4.69, 9.17) is 16.7 Å². The van der Waals surface area contributed by atoms with E-state index in [0.717, 1.165) is 5.56 Å². The molecule has 20 heavy (non-hydrogen) atoms. The van der Waals surface area contributed by atoms with Gasteiger partial charge in [-0.2, -0.15) is 0 Å². The molecule has 0 aliphatic heterocycles. The average Bonchev–Trinajstić information content (AvgIpc) is 2.36. The maximum absolute atomic E-state index is 12.3. The second-order valence-corrected chi connectivity index (χ2v) is 5.42. The van der Waals surface area contributed by atoms with Crippen molar-refractivity contribution in [1.82, 2.24) is 4.90 Å². The third-order valence-electron chi connectivity index (χ3n) is 3.00. The Hall–Kier alpha value is -1.55. The zero-order chi connectivity index (χ0) is 15.1. The normalized spacial score (nSPS) is 10.6. The van der Waals surface area contributed by atoms with E-state index in [1.807, 2.05) is 26.0 Å². The molecule has 1 aromatic carbocycles. The third kappa shape index (κ3) is 5.61. The summed E-state index contributed by atoms with van der Waals surface area (Å²) >= 11 is 5.81. The van der Waals surface area contributed by atoms with Gasteiger partial charge in [0.05, 0.1) is 6.42 Å². The fraction of sp³-hybridized carbons (Fsp3) is 0.467. The fourth-order valence-corrected chi connectivity index (χ4v) is 2.08. The molecule has 0 saturated carbocycles. The number of nitrogens with zero attached hydrogens (tertiary/aromatic N) is 1. The molecule has 0 aliphatic carbocycles. The van der Waals surface area contributed by atoms with Crippen LogP contribution in [0.2, 0.25) is 5.02 Å². The summed E-state index contributed by atoms with van der Waals surface area (Å²) in [6.07, 6.45) is 0.861. The van der Waals surface area contributed by atoms with Crippen molar-refractivity contribution in [2.24, 2.45) is 0 Å². The van der Waals surface area contributed by atoms with Crippen LogP contribution in [-0.4, -0.2) is 34.5 Å². The summed E-state index contributed by atoms with van der Waals surface area (Å²) in [6, 6.07) is 7.23. The van der Waals surface area contributed by atoms with Gasteiger partial charge in [-0.05, 0) is 38.0 Å². The van der Waals surface area contributed by atoms with E-state index in [9.17, 15) is 9.59 Å². The minimum atomic E-state index is -0.834. The van der Waals surface area contributed by atoms with Gasteiger partial charge in [0, 0.05) is 24.0 Å². The molecule has 0 unspecified atom stereocenters. The number of hydrogen-bond acceptors (Lipinski definition) is 2. The van der Waals surface area contributed by atoms with Crippen LogP contribution in [0.3, 0.4) is 0 Å².